The van der Waals surface area contributed by atoms with Crippen LogP contribution in [0, 0.1) is 5.41 Å². The second kappa shape index (κ2) is 4.23. The highest BCUT2D eigenvalue weighted by atomic mass is 16.5. The van der Waals surface area contributed by atoms with Gasteiger partial charge in [-0.25, -0.2) is 0 Å². The predicted molar refractivity (Wildman–Crippen MR) is 60.1 cm³/mol. The van der Waals surface area contributed by atoms with Crippen molar-refractivity contribution in [1.29, 1.82) is 0 Å². The van der Waals surface area contributed by atoms with Crippen LogP contribution in [0.2, 0.25) is 0 Å². The van der Waals surface area contributed by atoms with E-state index in [9.17, 15) is 5.11 Å². The maximum atomic E-state index is 9.23. The first kappa shape index (κ1) is 10.5. The van der Waals surface area contributed by atoms with Crippen molar-refractivity contribution in [1.82, 2.24) is 0 Å². The molecule has 1 N–H and O–H groups in total. The summed E-state index contributed by atoms with van der Waals surface area (Å²) in [7, 11) is 0. The highest BCUT2D eigenvalue weighted by Crippen LogP contribution is 2.47. The van der Waals surface area contributed by atoms with Crippen LogP contribution in [0.1, 0.15) is 25.3 Å². The maximum absolute atomic E-state index is 9.23. The Kier molecular flexibility index (Phi) is 2.96. The zero-order valence-electron chi connectivity index (χ0n) is 9.20. The normalized spacial score (nSPS) is 17.5. The van der Waals surface area contributed by atoms with Crippen LogP contribution >= 0.6 is 0 Å². The zero-order chi connectivity index (χ0) is 10.7. The summed E-state index contributed by atoms with van der Waals surface area (Å²) in [4.78, 5) is 0. The van der Waals surface area contributed by atoms with Crippen LogP contribution in [-0.2, 0) is 6.42 Å². The second-order valence-corrected chi connectivity index (χ2v) is 4.41. The standard InChI is InChI=1S/C13H18O2/c1-2-15-12-5-3-11(4-6-12)9-13(10-14)7-8-13/h3-6,14H,2,7-10H2,1H3. The molecule has 0 radical (unpaired) electrons. The van der Waals surface area contributed by atoms with Crippen LogP contribution in [0.5, 0.6) is 5.75 Å². The van der Waals surface area contributed by atoms with E-state index in [2.05, 4.69) is 12.1 Å². The number of aliphatic hydroxyl groups excluding tert-OH is 1. The molecule has 1 aromatic carbocycles. The summed E-state index contributed by atoms with van der Waals surface area (Å²) in [5.41, 5.74) is 1.50. The number of aliphatic hydroxyl groups is 1. The van der Waals surface area contributed by atoms with Crippen LogP contribution in [0.15, 0.2) is 24.3 Å². The summed E-state index contributed by atoms with van der Waals surface area (Å²) in [6.07, 6.45) is 3.32. The average molecular weight is 206 g/mol. The van der Waals surface area contributed by atoms with Crippen LogP contribution in [0.4, 0.5) is 0 Å². The molecule has 0 heterocycles. The molecule has 0 aromatic heterocycles. The van der Waals surface area contributed by atoms with Gasteiger partial charge in [-0.3, -0.25) is 0 Å². The lowest BCUT2D eigenvalue weighted by Gasteiger charge is -2.11. The molecule has 2 heteroatoms. The Morgan fingerprint density at radius 2 is 1.93 bits per heavy atom. The summed E-state index contributed by atoms with van der Waals surface area (Å²) >= 11 is 0. The molecule has 0 amide bonds. The molecule has 1 aliphatic rings. The molecular weight excluding hydrogens is 188 g/mol. The van der Waals surface area contributed by atoms with Gasteiger partial charge < -0.3 is 9.84 Å². The van der Waals surface area contributed by atoms with Gasteiger partial charge in [0, 0.05) is 6.61 Å². The second-order valence-electron chi connectivity index (χ2n) is 4.41. The number of benzene rings is 1. The molecule has 0 aliphatic heterocycles. The molecule has 0 atom stereocenters. The molecule has 1 fully saturated rings. The number of rotatable bonds is 5. The third-order valence-corrected chi connectivity index (χ3v) is 3.11. The third-order valence-electron chi connectivity index (χ3n) is 3.11. The van der Waals surface area contributed by atoms with Crippen LogP contribution in [0.3, 0.4) is 0 Å². The quantitative estimate of drug-likeness (QED) is 0.801. The van der Waals surface area contributed by atoms with E-state index < -0.39 is 0 Å². The van der Waals surface area contributed by atoms with E-state index in [0.717, 1.165) is 25.0 Å². The Bertz CT molecular complexity index is 312. The summed E-state index contributed by atoms with van der Waals surface area (Å²) in [5.74, 6) is 0.926. The number of ether oxygens (including phenoxy) is 1. The lowest BCUT2D eigenvalue weighted by atomic mass is 9.97. The van der Waals surface area contributed by atoms with Gasteiger partial charge in [-0.15, -0.1) is 0 Å². The van der Waals surface area contributed by atoms with E-state index in [4.69, 9.17) is 4.74 Å². The molecule has 2 rings (SSSR count). The fourth-order valence-electron chi connectivity index (χ4n) is 1.87. The lowest BCUT2D eigenvalue weighted by molar-refractivity contribution is 0.211. The minimum Gasteiger partial charge on any atom is -0.494 e. The van der Waals surface area contributed by atoms with Crippen molar-refractivity contribution in [3.05, 3.63) is 29.8 Å². The van der Waals surface area contributed by atoms with Gasteiger partial charge in [0.2, 0.25) is 0 Å². The predicted octanol–water partition coefficient (Wildman–Crippen LogP) is 2.40. The Balaban J connectivity index is 1.98. The van der Waals surface area contributed by atoms with Crippen molar-refractivity contribution in [3.8, 4) is 5.75 Å². The largest absolute Gasteiger partial charge is 0.494 e. The van der Waals surface area contributed by atoms with E-state index in [1.165, 1.54) is 5.56 Å². The average Bonchev–Trinajstić information content (AvgIpc) is 3.02. The van der Waals surface area contributed by atoms with Gasteiger partial charge in [0.05, 0.1) is 6.61 Å². The third kappa shape index (κ3) is 2.51. The number of hydrogen-bond donors (Lipinski definition) is 1. The molecule has 0 unspecified atom stereocenters. The van der Waals surface area contributed by atoms with Crippen LogP contribution in [0.25, 0.3) is 0 Å². The Morgan fingerprint density at radius 3 is 2.40 bits per heavy atom. The topological polar surface area (TPSA) is 29.5 Å². The van der Waals surface area contributed by atoms with Gasteiger partial charge >= 0.3 is 0 Å². The van der Waals surface area contributed by atoms with Gasteiger partial charge in [-0.2, -0.15) is 0 Å². The number of hydrogen-bond acceptors (Lipinski definition) is 2. The molecule has 15 heavy (non-hydrogen) atoms. The highest BCUT2D eigenvalue weighted by molar-refractivity contribution is 5.28. The van der Waals surface area contributed by atoms with Gasteiger partial charge in [0.1, 0.15) is 5.75 Å². The van der Waals surface area contributed by atoms with Crippen molar-refractivity contribution in [3.63, 3.8) is 0 Å². The van der Waals surface area contributed by atoms with E-state index in [0.29, 0.717) is 13.2 Å². The summed E-state index contributed by atoms with van der Waals surface area (Å²) in [6.45, 7) is 3.01. The maximum Gasteiger partial charge on any atom is 0.119 e. The van der Waals surface area contributed by atoms with Crippen molar-refractivity contribution in [2.24, 2.45) is 5.41 Å². The smallest absolute Gasteiger partial charge is 0.119 e. The van der Waals surface area contributed by atoms with Crippen molar-refractivity contribution in [2.45, 2.75) is 26.2 Å². The minimum absolute atomic E-state index is 0.202. The van der Waals surface area contributed by atoms with Crippen molar-refractivity contribution < 1.29 is 9.84 Å². The van der Waals surface area contributed by atoms with Gasteiger partial charge in [0.25, 0.3) is 0 Å². The Morgan fingerprint density at radius 1 is 1.27 bits per heavy atom. The Hall–Kier alpha value is -1.02. The van der Waals surface area contributed by atoms with E-state index in [1.54, 1.807) is 0 Å². The molecular formula is C13H18O2. The monoisotopic (exact) mass is 206 g/mol. The van der Waals surface area contributed by atoms with E-state index >= 15 is 0 Å². The molecule has 1 saturated carbocycles. The molecule has 1 aliphatic carbocycles. The zero-order valence-corrected chi connectivity index (χ0v) is 9.20. The molecule has 0 spiro atoms. The SMILES string of the molecule is CCOc1ccc(CC2(CO)CC2)cc1. The molecule has 2 nitrogen and oxygen atoms in total. The van der Waals surface area contributed by atoms with Crippen molar-refractivity contribution in [2.75, 3.05) is 13.2 Å². The van der Waals surface area contributed by atoms with Gasteiger partial charge in [-0.05, 0) is 49.3 Å². The van der Waals surface area contributed by atoms with E-state index in [-0.39, 0.29) is 5.41 Å². The first-order valence-electron chi connectivity index (χ1n) is 5.61. The fourth-order valence-corrected chi connectivity index (χ4v) is 1.87. The van der Waals surface area contributed by atoms with E-state index in [1.807, 2.05) is 19.1 Å². The first-order chi connectivity index (χ1) is 7.28. The summed E-state index contributed by atoms with van der Waals surface area (Å²) < 4.78 is 5.38. The lowest BCUT2D eigenvalue weighted by Crippen LogP contribution is -2.09. The van der Waals surface area contributed by atoms with Crippen LogP contribution < -0.4 is 4.74 Å². The molecule has 1 aromatic rings. The van der Waals surface area contributed by atoms with Gasteiger partial charge in [-0.1, -0.05) is 12.1 Å². The highest BCUT2D eigenvalue weighted by Gasteiger charge is 2.41. The molecule has 82 valence electrons. The summed E-state index contributed by atoms with van der Waals surface area (Å²) in [5, 5.41) is 9.23. The first-order valence-corrected chi connectivity index (χ1v) is 5.61. The van der Waals surface area contributed by atoms with Crippen LogP contribution in [-0.4, -0.2) is 18.3 Å². The van der Waals surface area contributed by atoms with Crippen molar-refractivity contribution >= 4 is 0 Å². The minimum atomic E-state index is 0.202. The molecule has 0 bridgehead atoms. The molecule has 0 saturated heterocycles. The fraction of sp³-hybridized carbons (Fsp3) is 0.538. The van der Waals surface area contributed by atoms with Gasteiger partial charge in [0.15, 0.2) is 0 Å². The Labute approximate surface area is 90.9 Å². The summed E-state index contributed by atoms with van der Waals surface area (Å²) in [6, 6.07) is 8.21.